The van der Waals surface area contributed by atoms with Gasteiger partial charge in [0.15, 0.2) is 9.84 Å². The molecule has 0 atom stereocenters. The number of hydrogen-bond acceptors (Lipinski definition) is 4. The molecule has 0 radical (unpaired) electrons. The van der Waals surface area contributed by atoms with Crippen LogP contribution >= 0.6 is 15.9 Å². The van der Waals surface area contributed by atoms with Gasteiger partial charge in [-0.15, -0.1) is 6.42 Å². The second-order valence-electron chi connectivity index (χ2n) is 6.40. The van der Waals surface area contributed by atoms with Crippen molar-refractivity contribution >= 4 is 36.7 Å². The van der Waals surface area contributed by atoms with E-state index in [-0.39, 0.29) is 38.1 Å². The van der Waals surface area contributed by atoms with Crippen LogP contribution in [0.5, 0.6) is 0 Å². The highest BCUT2D eigenvalue weighted by Gasteiger charge is 2.32. The minimum atomic E-state index is -4.65. The smallest absolute Gasteiger partial charge is 0.294 e. The van der Waals surface area contributed by atoms with Gasteiger partial charge >= 0.3 is 6.18 Å². The van der Waals surface area contributed by atoms with Gasteiger partial charge in [-0.25, -0.2) is 13.4 Å². The van der Waals surface area contributed by atoms with Crippen LogP contribution in [0.1, 0.15) is 23.6 Å². The lowest BCUT2D eigenvalue weighted by atomic mass is 10.1. The van der Waals surface area contributed by atoms with Gasteiger partial charge in [0.1, 0.15) is 0 Å². The molecule has 1 aromatic heterocycles. The molecular weight excluding hydrogens is 485 g/mol. The first-order chi connectivity index (χ1) is 14.0. The Morgan fingerprint density at radius 1 is 1.23 bits per heavy atom. The van der Waals surface area contributed by atoms with E-state index < -0.39 is 27.1 Å². The van der Waals surface area contributed by atoms with Crippen molar-refractivity contribution in [2.45, 2.75) is 24.5 Å². The number of fused-ring (bicyclic) bond motifs is 1. The van der Waals surface area contributed by atoms with E-state index in [1.165, 1.54) is 25.1 Å². The van der Waals surface area contributed by atoms with Gasteiger partial charge in [-0.1, -0.05) is 12.8 Å². The van der Waals surface area contributed by atoms with E-state index in [2.05, 4.69) is 26.8 Å². The first-order valence-corrected chi connectivity index (χ1v) is 11.0. The summed E-state index contributed by atoms with van der Waals surface area (Å²) in [6.07, 6.45) is 1.90. The van der Waals surface area contributed by atoms with Crippen molar-refractivity contribution in [1.82, 2.24) is 9.55 Å². The normalized spacial score (nSPS) is 12.1. The standard InChI is InChI=1S/C20H14BrF3N2O3S/c1-3-12-5-6-17(30(28,29)4-2)13(7-12)10-26-11-25-18-15(19(26)27)8-14(9-16(18)21)20(22,23)24/h1,5-9,11H,4,10H2,2H3. The maximum Gasteiger partial charge on any atom is 0.416 e. The van der Waals surface area contributed by atoms with Crippen molar-refractivity contribution in [1.29, 1.82) is 0 Å². The van der Waals surface area contributed by atoms with Crippen LogP contribution in [-0.2, 0) is 22.6 Å². The average Bonchev–Trinajstić information content (AvgIpc) is 2.69. The fraction of sp³-hybridized carbons (Fsp3) is 0.200. The van der Waals surface area contributed by atoms with E-state index in [1.807, 2.05) is 0 Å². The second kappa shape index (κ2) is 7.89. The van der Waals surface area contributed by atoms with Crippen molar-refractivity contribution in [3.63, 3.8) is 0 Å². The molecule has 0 amide bonds. The van der Waals surface area contributed by atoms with Gasteiger partial charge in [0.2, 0.25) is 0 Å². The van der Waals surface area contributed by atoms with E-state index in [0.717, 1.165) is 23.0 Å². The molecule has 0 saturated carbocycles. The number of benzene rings is 2. The van der Waals surface area contributed by atoms with Crippen LogP contribution in [-0.4, -0.2) is 23.7 Å². The number of nitrogens with zero attached hydrogens (tertiary/aromatic N) is 2. The summed E-state index contributed by atoms with van der Waals surface area (Å²) in [6, 6.07) is 5.87. The number of hydrogen-bond donors (Lipinski definition) is 0. The van der Waals surface area contributed by atoms with Crippen LogP contribution in [0.2, 0.25) is 0 Å². The van der Waals surface area contributed by atoms with Crippen molar-refractivity contribution in [3.05, 3.63) is 68.2 Å². The SMILES string of the molecule is C#Cc1ccc(S(=O)(=O)CC)c(Cn2cnc3c(Br)cc(C(F)(F)F)cc3c2=O)c1. The summed E-state index contributed by atoms with van der Waals surface area (Å²) in [5, 5.41) is -0.243. The van der Waals surface area contributed by atoms with Crippen molar-refractivity contribution < 1.29 is 21.6 Å². The van der Waals surface area contributed by atoms with Gasteiger partial charge in [0, 0.05) is 10.0 Å². The Labute approximate surface area is 178 Å². The molecule has 0 aliphatic rings. The van der Waals surface area contributed by atoms with E-state index in [1.54, 1.807) is 0 Å². The number of aromatic nitrogens is 2. The zero-order chi connectivity index (χ0) is 22.3. The minimum Gasteiger partial charge on any atom is -0.294 e. The van der Waals surface area contributed by atoms with E-state index in [9.17, 15) is 26.4 Å². The Morgan fingerprint density at radius 2 is 1.93 bits per heavy atom. The van der Waals surface area contributed by atoms with Crippen molar-refractivity contribution in [2.24, 2.45) is 0 Å². The lowest BCUT2D eigenvalue weighted by Crippen LogP contribution is -2.23. The Hall–Kier alpha value is -2.64. The van der Waals surface area contributed by atoms with Crippen LogP contribution in [0.3, 0.4) is 0 Å². The van der Waals surface area contributed by atoms with Crippen LogP contribution < -0.4 is 5.56 Å². The highest BCUT2D eigenvalue weighted by Crippen LogP contribution is 2.33. The summed E-state index contributed by atoms with van der Waals surface area (Å²) < 4.78 is 65.4. The number of sulfone groups is 1. The maximum absolute atomic E-state index is 13.1. The molecule has 30 heavy (non-hydrogen) atoms. The summed E-state index contributed by atoms with van der Waals surface area (Å²) in [4.78, 5) is 17.0. The topological polar surface area (TPSA) is 69.0 Å². The Bertz CT molecular complexity index is 1360. The lowest BCUT2D eigenvalue weighted by Gasteiger charge is -2.13. The molecular formula is C20H14BrF3N2O3S. The molecule has 0 N–H and O–H groups in total. The van der Waals surface area contributed by atoms with Crippen molar-refractivity contribution in [3.8, 4) is 12.3 Å². The summed E-state index contributed by atoms with van der Waals surface area (Å²) in [5.74, 6) is 2.23. The number of alkyl halides is 3. The Balaban J connectivity index is 2.21. The molecule has 0 unspecified atom stereocenters. The second-order valence-corrected chi connectivity index (χ2v) is 9.50. The first-order valence-electron chi connectivity index (χ1n) is 8.56. The van der Waals surface area contributed by atoms with Crippen molar-refractivity contribution in [2.75, 3.05) is 5.75 Å². The molecule has 0 spiro atoms. The molecule has 3 aromatic rings. The zero-order valence-corrected chi connectivity index (χ0v) is 17.9. The highest BCUT2D eigenvalue weighted by atomic mass is 79.9. The molecule has 156 valence electrons. The molecule has 0 aliphatic heterocycles. The molecule has 3 rings (SSSR count). The molecule has 0 aliphatic carbocycles. The average molecular weight is 499 g/mol. The summed E-state index contributed by atoms with van der Waals surface area (Å²) >= 11 is 3.02. The third-order valence-corrected chi connectivity index (χ3v) is 6.92. The zero-order valence-electron chi connectivity index (χ0n) is 15.5. The van der Waals surface area contributed by atoms with E-state index in [0.29, 0.717) is 5.56 Å². The van der Waals surface area contributed by atoms with E-state index >= 15 is 0 Å². The van der Waals surface area contributed by atoms with Crippen LogP contribution in [0, 0.1) is 12.3 Å². The predicted octanol–water partition coefficient (Wildman–Crippen LogP) is 4.00. The monoisotopic (exact) mass is 498 g/mol. The largest absolute Gasteiger partial charge is 0.416 e. The highest BCUT2D eigenvalue weighted by molar-refractivity contribution is 9.10. The van der Waals surface area contributed by atoms with Crippen LogP contribution in [0.4, 0.5) is 13.2 Å². The molecule has 0 saturated heterocycles. The fourth-order valence-electron chi connectivity index (χ4n) is 2.94. The molecule has 5 nitrogen and oxygen atoms in total. The fourth-order valence-corrected chi connectivity index (χ4v) is 4.61. The molecule has 2 aromatic carbocycles. The van der Waals surface area contributed by atoms with Gasteiger partial charge in [0.25, 0.3) is 5.56 Å². The molecule has 10 heteroatoms. The predicted molar refractivity (Wildman–Crippen MR) is 110 cm³/mol. The Kier molecular flexibility index (Phi) is 5.80. The van der Waals surface area contributed by atoms with Gasteiger partial charge in [-0.2, -0.15) is 13.2 Å². The third-order valence-electron chi connectivity index (χ3n) is 4.49. The third kappa shape index (κ3) is 4.13. The number of terminal acetylenes is 1. The van der Waals surface area contributed by atoms with Gasteiger partial charge in [0.05, 0.1) is 40.0 Å². The van der Waals surface area contributed by atoms with E-state index in [4.69, 9.17) is 6.42 Å². The van der Waals surface area contributed by atoms with Crippen LogP contribution in [0.25, 0.3) is 10.9 Å². The Morgan fingerprint density at radius 3 is 2.53 bits per heavy atom. The van der Waals surface area contributed by atoms with Gasteiger partial charge in [-0.05, 0) is 51.8 Å². The lowest BCUT2D eigenvalue weighted by molar-refractivity contribution is -0.137. The minimum absolute atomic E-state index is 0.00113. The van der Waals surface area contributed by atoms with Gasteiger partial charge < -0.3 is 0 Å². The number of rotatable bonds is 4. The quantitative estimate of drug-likeness (QED) is 0.509. The summed E-state index contributed by atoms with van der Waals surface area (Å²) in [5.41, 5.74) is -1.01. The maximum atomic E-state index is 13.1. The first kappa shape index (κ1) is 22.1. The molecule has 1 heterocycles. The molecule has 0 fully saturated rings. The summed E-state index contributed by atoms with van der Waals surface area (Å²) in [7, 11) is -3.62. The summed E-state index contributed by atoms with van der Waals surface area (Å²) in [6.45, 7) is 1.26. The number of halogens is 4. The molecule has 0 bridgehead atoms. The van der Waals surface area contributed by atoms with Gasteiger partial charge in [-0.3, -0.25) is 9.36 Å². The van der Waals surface area contributed by atoms with Crippen LogP contribution in [0.15, 0.2) is 50.8 Å².